The van der Waals surface area contributed by atoms with E-state index in [0.717, 1.165) is 0 Å². The average Bonchev–Trinajstić information content (AvgIpc) is 2.39. The highest BCUT2D eigenvalue weighted by Gasteiger charge is 2.23. The summed E-state index contributed by atoms with van der Waals surface area (Å²) in [5, 5.41) is 0. The number of phosphoric ester groups is 1. The summed E-state index contributed by atoms with van der Waals surface area (Å²) in [7, 11) is -4.10. The Kier molecular flexibility index (Phi) is 11.0. The molecule has 0 spiro atoms. The Morgan fingerprint density at radius 3 is 2.47 bits per heavy atom. The van der Waals surface area contributed by atoms with Gasteiger partial charge in [0.2, 0.25) is 0 Å². The first-order valence-electron chi connectivity index (χ1n) is 5.78. The van der Waals surface area contributed by atoms with Crippen molar-refractivity contribution in [2.45, 2.75) is 6.10 Å². The van der Waals surface area contributed by atoms with Crippen LogP contribution < -0.4 is 5.73 Å². The molecule has 2 atom stereocenters. The Labute approximate surface area is 113 Å². The molecule has 0 bridgehead atoms. The normalized spacial score (nSPS) is 15.7. The molecule has 0 aromatic carbocycles. The maximum absolute atomic E-state index is 11.4. The molecule has 0 aliphatic heterocycles. The van der Waals surface area contributed by atoms with Gasteiger partial charge in [0.25, 0.3) is 0 Å². The molecular weight excluding hydrogens is 273 g/mol. The highest BCUT2D eigenvalue weighted by Crippen LogP contribution is 2.42. The van der Waals surface area contributed by atoms with Crippen molar-refractivity contribution in [1.29, 1.82) is 0 Å². The third-order valence-corrected chi connectivity index (χ3v) is 2.77. The predicted octanol–water partition coefficient (Wildman–Crippen LogP) is 0.852. The molecule has 0 aliphatic carbocycles. The highest BCUT2D eigenvalue weighted by atomic mass is 31.2. The van der Waals surface area contributed by atoms with Gasteiger partial charge in [-0.15, -0.1) is 13.2 Å². The molecule has 0 saturated carbocycles. The van der Waals surface area contributed by atoms with Gasteiger partial charge in [0.05, 0.1) is 33.0 Å². The summed E-state index contributed by atoms with van der Waals surface area (Å²) in [6.07, 6.45) is 2.65. The van der Waals surface area contributed by atoms with Gasteiger partial charge in [-0.25, -0.2) is 4.57 Å². The lowest BCUT2D eigenvalue weighted by Gasteiger charge is -2.18. The van der Waals surface area contributed by atoms with Crippen molar-refractivity contribution in [1.82, 2.24) is 0 Å². The highest BCUT2D eigenvalue weighted by molar-refractivity contribution is 7.47. The van der Waals surface area contributed by atoms with Gasteiger partial charge in [0.1, 0.15) is 6.10 Å². The minimum absolute atomic E-state index is 0.0566. The lowest BCUT2D eigenvalue weighted by molar-refractivity contribution is -0.0281. The molecule has 0 aromatic heterocycles. The third-order valence-electron chi connectivity index (χ3n) is 1.79. The average molecular weight is 295 g/mol. The molecule has 0 amide bonds. The molecule has 0 aromatic rings. The number of phosphoric acid groups is 1. The fourth-order valence-electron chi connectivity index (χ4n) is 1.01. The molecule has 0 radical (unpaired) electrons. The van der Waals surface area contributed by atoms with E-state index in [1.807, 2.05) is 0 Å². The predicted molar refractivity (Wildman–Crippen MR) is 71.7 cm³/mol. The number of hydrogen-bond acceptors (Lipinski definition) is 6. The molecule has 0 aliphatic rings. The van der Waals surface area contributed by atoms with Gasteiger partial charge in [0, 0.05) is 6.54 Å². The third kappa shape index (κ3) is 11.0. The molecule has 0 fully saturated rings. The molecule has 3 N–H and O–H groups in total. The molecular formula is C11H22NO6P. The van der Waals surface area contributed by atoms with Gasteiger partial charge in [-0.3, -0.25) is 9.05 Å². The first-order chi connectivity index (χ1) is 9.05. The van der Waals surface area contributed by atoms with Crippen molar-refractivity contribution < 1.29 is 28.0 Å². The summed E-state index contributed by atoms with van der Waals surface area (Å²) in [5.41, 5.74) is 5.16. The monoisotopic (exact) mass is 295 g/mol. The first kappa shape index (κ1) is 18.5. The van der Waals surface area contributed by atoms with Crippen LogP contribution in [0.3, 0.4) is 0 Å². The van der Waals surface area contributed by atoms with E-state index < -0.39 is 13.9 Å². The fraction of sp³-hybridized carbons (Fsp3) is 0.636. The Bertz CT molecular complexity index is 299. The quantitative estimate of drug-likeness (QED) is 0.295. The minimum atomic E-state index is -4.10. The topological polar surface area (TPSA) is 100 Å². The summed E-state index contributed by atoms with van der Waals surface area (Å²) in [5.74, 6) is 0. The van der Waals surface area contributed by atoms with Crippen molar-refractivity contribution in [2.75, 3.05) is 39.6 Å². The van der Waals surface area contributed by atoms with E-state index in [9.17, 15) is 9.46 Å². The van der Waals surface area contributed by atoms with Gasteiger partial charge in [-0.2, -0.15) is 0 Å². The Morgan fingerprint density at radius 1 is 1.21 bits per heavy atom. The summed E-state index contributed by atoms with van der Waals surface area (Å²) in [6, 6.07) is 0. The Hall–Kier alpha value is -0.530. The van der Waals surface area contributed by atoms with Crippen molar-refractivity contribution in [3.05, 3.63) is 25.3 Å². The number of nitrogens with two attached hydrogens (primary N) is 1. The number of hydrogen-bond donors (Lipinski definition) is 2. The molecule has 19 heavy (non-hydrogen) atoms. The largest absolute Gasteiger partial charge is 0.472 e. The van der Waals surface area contributed by atoms with E-state index in [4.69, 9.17) is 19.7 Å². The van der Waals surface area contributed by atoms with Crippen LogP contribution in [0.15, 0.2) is 25.3 Å². The van der Waals surface area contributed by atoms with Crippen LogP contribution in [0.5, 0.6) is 0 Å². The van der Waals surface area contributed by atoms with Crippen LogP contribution in [0.4, 0.5) is 0 Å². The zero-order chi connectivity index (χ0) is 14.6. The summed E-state index contributed by atoms with van der Waals surface area (Å²) >= 11 is 0. The summed E-state index contributed by atoms with van der Waals surface area (Å²) < 4.78 is 31.3. The minimum Gasteiger partial charge on any atom is -0.375 e. The van der Waals surface area contributed by atoms with Crippen LogP contribution in [-0.2, 0) is 23.1 Å². The second-order valence-corrected chi connectivity index (χ2v) is 4.91. The van der Waals surface area contributed by atoms with Crippen LogP contribution in [-0.4, -0.2) is 50.6 Å². The van der Waals surface area contributed by atoms with Crippen LogP contribution in [0.25, 0.3) is 0 Å². The van der Waals surface area contributed by atoms with Gasteiger partial charge < -0.3 is 20.1 Å². The smallest absolute Gasteiger partial charge is 0.375 e. The summed E-state index contributed by atoms with van der Waals surface area (Å²) in [6.45, 7) is 7.80. The zero-order valence-corrected chi connectivity index (χ0v) is 11.8. The van der Waals surface area contributed by atoms with Crippen molar-refractivity contribution in [3.63, 3.8) is 0 Å². The molecule has 1 unspecified atom stereocenters. The van der Waals surface area contributed by atoms with Gasteiger partial charge >= 0.3 is 7.82 Å². The number of rotatable bonds is 13. The first-order valence-corrected chi connectivity index (χ1v) is 7.28. The molecule has 0 saturated heterocycles. The van der Waals surface area contributed by atoms with Crippen molar-refractivity contribution in [2.24, 2.45) is 5.73 Å². The van der Waals surface area contributed by atoms with Gasteiger partial charge in [-0.1, -0.05) is 12.2 Å². The van der Waals surface area contributed by atoms with Crippen LogP contribution in [0.1, 0.15) is 0 Å². The number of ether oxygens (including phenoxy) is 2. The van der Waals surface area contributed by atoms with Crippen LogP contribution >= 0.6 is 7.82 Å². The molecule has 112 valence electrons. The van der Waals surface area contributed by atoms with E-state index in [1.165, 1.54) is 0 Å². The standard InChI is InChI=1S/C11H22NO6P/c1-3-6-15-9-11(16-7-4-2)10-18-19(13,14)17-8-5-12/h3-4,11H,1-2,5-10,12H2,(H,13,14)/t11-/m1/s1. The van der Waals surface area contributed by atoms with E-state index in [2.05, 4.69) is 17.7 Å². The Morgan fingerprint density at radius 2 is 1.89 bits per heavy atom. The van der Waals surface area contributed by atoms with E-state index in [1.54, 1.807) is 12.2 Å². The molecule has 8 heteroatoms. The van der Waals surface area contributed by atoms with Gasteiger partial charge in [0.15, 0.2) is 0 Å². The second kappa shape index (κ2) is 11.3. The second-order valence-electron chi connectivity index (χ2n) is 3.46. The van der Waals surface area contributed by atoms with E-state index in [0.29, 0.717) is 6.61 Å². The molecule has 7 nitrogen and oxygen atoms in total. The SMILES string of the molecule is C=CCOC[C@H](COP(=O)(O)OCCN)OCC=C. The van der Waals surface area contributed by atoms with E-state index in [-0.39, 0.29) is 33.0 Å². The fourth-order valence-corrected chi connectivity index (χ4v) is 1.78. The summed E-state index contributed by atoms with van der Waals surface area (Å²) in [4.78, 5) is 9.31. The van der Waals surface area contributed by atoms with Crippen molar-refractivity contribution >= 4 is 7.82 Å². The van der Waals surface area contributed by atoms with Gasteiger partial charge in [-0.05, 0) is 0 Å². The van der Waals surface area contributed by atoms with Crippen LogP contribution in [0, 0.1) is 0 Å². The molecule has 0 rings (SSSR count). The maximum atomic E-state index is 11.4. The maximum Gasteiger partial charge on any atom is 0.472 e. The Balaban J connectivity index is 4.10. The van der Waals surface area contributed by atoms with Crippen molar-refractivity contribution in [3.8, 4) is 0 Å². The lowest BCUT2D eigenvalue weighted by atomic mass is 10.4. The lowest BCUT2D eigenvalue weighted by Crippen LogP contribution is -2.26. The zero-order valence-electron chi connectivity index (χ0n) is 10.9. The van der Waals surface area contributed by atoms with E-state index >= 15 is 0 Å². The van der Waals surface area contributed by atoms with Crippen LogP contribution in [0.2, 0.25) is 0 Å². The molecule has 0 heterocycles.